The third-order valence-corrected chi connectivity index (χ3v) is 7.31. The lowest BCUT2D eigenvalue weighted by Crippen LogP contribution is -2.30. The number of amides is 1. The minimum atomic E-state index is -2.72. The maximum Gasteiger partial charge on any atom is 0.265 e. The van der Waals surface area contributed by atoms with Crippen LogP contribution in [0.1, 0.15) is 66.2 Å². The van der Waals surface area contributed by atoms with Crippen LogP contribution in [0.2, 0.25) is 0 Å². The van der Waals surface area contributed by atoms with Crippen LogP contribution >= 0.6 is 0 Å². The van der Waals surface area contributed by atoms with Crippen LogP contribution in [0.15, 0.2) is 54.7 Å². The molecule has 0 bridgehead atoms. The molecule has 6 nitrogen and oxygen atoms in total. The highest BCUT2D eigenvalue weighted by Crippen LogP contribution is 2.43. The molecular weight excluding hydrogens is 538 g/mol. The monoisotopic (exact) mass is 567 g/mol. The fourth-order valence-electron chi connectivity index (χ4n) is 4.94. The number of pyridine rings is 2. The third-order valence-electron chi connectivity index (χ3n) is 7.31. The molecule has 0 saturated heterocycles. The van der Waals surface area contributed by atoms with E-state index in [4.69, 9.17) is 4.74 Å². The van der Waals surface area contributed by atoms with Crippen LogP contribution in [-0.4, -0.2) is 34.6 Å². The molecule has 5 rings (SSSR count). The van der Waals surface area contributed by atoms with E-state index in [0.29, 0.717) is 22.2 Å². The van der Waals surface area contributed by atoms with Gasteiger partial charge in [-0.05, 0) is 81.1 Å². The van der Waals surface area contributed by atoms with Gasteiger partial charge in [0.2, 0.25) is 0 Å². The van der Waals surface area contributed by atoms with Crippen molar-refractivity contribution in [3.8, 4) is 17.0 Å². The topological polar surface area (TPSA) is 84.3 Å². The second kappa shape index (κ2) is 11.1. The quantitative estimate of drug-likeness (QED) is 0.221. The maximum atomic E-state index is 15.6. The van der Waals surface area contributed by atoms with Crippen LogP contribution < -0.4 is 10.1 Å². The molecule has 1 aliphatic carbocycles. The van der Waals surface area contributed by atoms with Gasteiger partial charge in [0.25, 0.3) is 12.3 Å². The molecule has 0 aliphatic heterocycles. The first-order valence-electron chi connectivity index (χ1n) is 13.2. The fourth-order valence-corrected chi connectivity index (χ4v) is 4.94. The Bertz CT molecular complexity index is 1600. The minimum absolute atomic E-state index is 0.0156. The molecule has 4 aromatic rings. The Labute approximate surface area is 234 Å². The fraction of sp³-hybridized carbons (Fsp3) is 0.323. The second-order valence-corrected chi connectivity index (χ2v) is 10.8. The van der Waals surface area contributed by atoms with Gasteiger partial charge in [0.05, 0.1) is 12.7 Å². The van der Waals surface area contributed by atoms with Crippen molar-refractivity contribution in [1.82, 2.24) is 15.3 Å². The zero-order valence-electron chi connectivity index (χ0n) is 22.7. The molecule has 1 unspecified atom stereocenters. The van der Waals surface area contributed by atoms with E-state index < -0.39 is 29.6 Å². The molecule has 214 valence electrons. The minimum Gasteiger partial charge on any atom is -0.494 e. The summed E-state index contributed by atoms with van der Waals surface area (Å²) in [6.07, 6.45) is 0.129. The molecule has 0 spiro atoms. The summed E-state index contributed by atoms with van der Waals surface area (Å²) in [7, 11) is 1.40. The number of fused-ring (bicyclic) bond motifs is 1. The first-order chi connectivity index (χ1) is 19.5. The Morgan fingerprint density at radius 3 is 2.44 bits per heavy atom. The zero-order valence-corrected chi connectivity index (χ0v) is 22.7. The average Bonchev–Trinajstić information content (AvgIpc) is 3.78. The van der Waals surface area contributed by atoms with Crippen molar-refractivity contribution < 1.29 is 32.2 Å². The van der Waals surface area contributed by atoms with Crippen LogP contribution in [0.4, 0.5) is 17.6 Å². The smallest absolute Gasteiger partial charge is 0.265 e. The SMILES string of the molecule is COc1cc(C(=O)NCC(c2cc(C(C)(C)O)c(F)c(-c3ccc(F)cc3)n2)C2CC2)cc2cc(C(F)F)cnc12. The predicted molar refractivity (Wildman–Crippen MR) is 146 cm³/mol. The Morgan fingerprint density at radius 1 is 1.12 bits per heavy atom. The molecular formula is C31H29F4N3O3. The van der Waals surface area contributed by atoms with Crippen LogP contribution in [-0.2, 0) is 5.60 Å². The molecule has 41 heavy (non-hydrogen) atoms. The van der Waals surface area contributed by atoms with Crippen molar-refractivity contribution >= 4 is 16.8 Å². The molecule has 2 N–H and O–H groups in total. The number of halogens is 4. The number of methoxy groups -OCH3 is 1. The Balaban J connectivity index is 1.47. The summed E-state index contributed by atoms with van der Waals surface area (Å²) in [5.41, 5.74) is -0.366. The summed E-state index contributed by atoms with van der Waals surface area (Å²) < 4.78 is 61.0. The van der Waals surface area contributed by atoms with Gasteiger partial charge in [-0.2, -0.15) is 0 Å². The van der Waals surface area contributed by atoms with Gasteiger partial charge in [-0.3, -0.25) is 9.78 Å². The van der Waals surface area contributed by atoms with Gasteiger partial charge in [-0.25, -0.2) is 22.5 Å². The lowest BCUT2D eigenvalue weighted by molar-refractivity contribution is 0.0742. The number of ether oxygens (including phenoxy) is 1. The largest absolute Gasteiger partial charge is 0.494 e. The summed E-state index contributed by atoms with van der Waals surface area (Å²) in [6.45, 7) is 3.10. The number of hydrogen-bond acceptors (Lipinski definition) is 5. The summed E-state index contributed by atoms with van der Waals surface area (Å²) >= 11 is 0. The highest BCUT2D eigenvalue weighted by molar-refractivity contribution is 6.00. The zero-order chi connectivity index (χ0) is 29.5. The second-order valence-electron chi connectivity index (χ2n) is 10.8. The molecule has 2 heterocycles. The maximum absolute atomic E-state index is 15.6. The van der Waals surface area contributed by atoms with E-state index in [1.54, 1.807) is 0 Å². The number of nitrogens with zero attached hydrogens (tertiary/aromatic N) is 2. The molecule has 1 fully saturated rings. The van der Waals surface area contributed by atoms with E-state index in [-0.39, 0.29) is 46.5 Å². The number of rotatable bonds is 9. The Hall–Kier alpha value is -4.05. The van der Waals surface area contributed by atoms with Gasteiger partial charge in [-0.1, -0.05) is 0 Å². The van der Waals surface area contributed by atoms with E-state index >= 15 is 4.39 Å². The van der Waals surface area contributed by atoms with Crippen molar-refractivity contribution in [3.05, 3.63) is 88.7 Å². The van der Waals surface area contributed by atoms with Gasteiger partial charge in [0.1, 0.15) is 22.8 Å². The molecule has 2 aromatic carbocycles. The lowest BCUT2D eigenvalue weighted by atomic mass is 9.90. The number of alkyl halides is 2. The van der Waals surface area contributed by atoms with Gasteiger partial charge in [0.15, 0.2) is 5.82 Å². The van der Waals surface area contributed by atoms with E-state index in [2.05, 4.69) is 15.3 Å². The molecule has 2 aromatic heterocycles. The van der Waals surface area contributed by atoms with Gasteiger partial charge < -0.3 is 15.2 Å². The molecule has 0 radical (unpaired) electrons. The molecule has 1 aliphatic rings. The third kappa shape index (κ3) is 6.02. The first-order valence-corrected chi connectivity index (χ1v) is 13.2. The number of nitrogens with one attached hydrogen (secondary N) is 1. The number of carbonyl (C=O) groups is 1. The summed E-state index contributed by atoms with van der Waals surface area (Å²) in [4.78, 5) is 21.9. The van der Waals surface area contributed by atoms with Crippen LogP contribution in [0, 0.1) is 17.6 Å². The van der Waals surface area contributed by atoms with Crippen LogP contribution in [0.25, 0.3) is 22.2 Å². The van der Waals surface area contributed by atoms with Crippen LogP contribution in [0.3, 0.4) is 0 Å². The van der Waals surface area contributed by atoms with E-state index in [9.17, 15) is 23.1 Å². The van der Waals surface area contributed by atoms with Crippen molar-refractivity contribution in [2.24, 2.45) is 5.92 Å². The van der Waals surface area contributed by atoms with Gasteiger partial charge in [-0.15, -0.1) is 0 Å². The van der Waals surface area contributed by atoms with Crippen molar-refractivity contribution in [1.29, 1.82) is 0 Å². The average molecular weight is 568 g/mol. The standard InChI is InChI=1S/C31H29F4N3O3/c1-31(2,40)23-13-24(38-28(26(23)33)17-6-8-21(32)9-7-17)22(16-4-5-16)15-37-30(39)19-10-18-11-20(29(34)35)14-36-27(18)25(12-19)41-3/h6-14,16,22,29,40H,4-5,15H2,1-3H3,(H,37,39). The molecule has 1 amide bonds. The lowest BCUT2D eigenvalue weighted by Gasteiger charge is -2.24. The number of aliphatic hydroxyl groups is 1. The molecule has 10 heteroatoms. The Kier molecular flexibility index (Phi) is 7.70. The molecule has 1 saturated carbocycles. The Morgan fingerprint density at radius 2 is 1.83 bits per heavy atom. The first kappa shape index (κ1) is 28.5. The predicted octanol–water partition coefficient (Wildman–Crippen LogP) is 6.67. The van der Waals surface area contributed by atoms with Crippen molar-refractivity contribution in [3.63, 3.8) is 0 Å². The van der Waals surface area contributed by atoms with E-state index in [1.807, 2.05) is 0 Å². The highest BCUT2D eigenvalue weighted by atomic mass is 19.3. The number of aromatic nitrogens is 2. The number of carbonyl (C=O) groups excluding carboxylic acids is 1. The van der Waals surface area contributed by atoms with E-state index in [0.717, 1.165) is 19.0 Å². The molecule has 1 atom stereocenters. The number of hydrogen-bond donors (Lipinski definition) is 2. The highest BCUT2D eigenvalue weighted by Gasteiger charge is 2.36. The summed E-state index contributed by atoms with van der Waals surface area (Å²) in [5.74, 6) is -1.49. The summed E-state index contributed by atoms with van der Waals surface area (Å²) in [6, 6.07) is 11.0. The van der Waals surface area contributed by atoms with E-state index in [1.165, 1.54) is 69.5 Å². The summed E-state index contributed by atoms with van der Waals surface area (Å²) in [5, 5.41) is 14.0. The van der Waals surface area contributed by atoms with Crippen LogP contribution in [0.5, 0.6) is 5.75 Å². The van der Waals surface area contributed by atoms with Crippen molar-refractivity contribution in [2.45, 2.75) is 44.6 Å². The van der Waals surface area contributed by atoms with Gasteiger partial charge in [0, 0.05) is 52.0 Å². The number of benzene rings is 2. The van der Waals surface area contributed by atoms with Crippen molar-refractivity contribution in [2.75, 3.05) is 13.7 Å². The van der Waals surface area contributed by atoms with Gasteiger partial charge >= 0.3 is 0 Å². The normalized spacial score (nSPS) is 14.4.